The SMILES string of the molecule is COC/C(O)=C(\N=Nc1ccc(I)cc1)C(=O)OC. The molecule has 0 atom stereocenters. The second-order valence-corrected chi connectivity index (χ2v) is 4.64. The van der Waals surface area contributed by atoms with Gasteiger partial charge in [0, 0.05) is 10.7 Å². The van der Waals surface area contributed by atoms with E-state index in [-0.39, 0.29) is 18.1 Å². The van der Waals surface area contributed by atoms with Crippen LogP contribution in [0.15, 0.2) is 46.0 Å². The first kappa shape index (κ1) is 15.6. The summed E-state index contributed by atoms with van der Waals surface area (Å²) in [6.45, 7) is -0.143. The van der Waals surface area contributed by atoms with Crippen LogP contribution in [0.3, 0.4) is 0 Å². The summed E-state index contributed by atoms with van der Waals surface area (Å²) >= 11 is 2.16. The number of halogens is 1. The third-order valence-corrected chi connectivity index (χ3v) is 2.74. The molecular weight excluding hydrogens is 363 g/mol. The first-order valence-corrected chi connectivity index (χ1v) is 6.33. The molecule has 0 aliphatic heterocycles. The summed E-state index contributed by atoms with van der Waals surface area (Å²) in [6, 6.07) is 7.19. The number of hydrogen-bond donors (Lipinski definition) is 1. The molecular formula is C12H13IN2O4. The maximum atomic E-state index is 11.5. The van der Waals surface area contributed by atoms with Crippen LogP contribution < -0.4 is 0 Å². The highest BCUT2D eigenvalue weighted by Gasteiger charge is 2.15. The number of azo groups is 1. The van der Waals surface area contributed by atoms with Crippen LogP contribution in [-0.2, 0) is 14.3 Å². The molecule has 1 aromatic rings. The normalized spacial score (nSPS) is 12.4. The predicted molar refractivity (Wildman–Crippen MR) is 77.2 cm³/mol. The fourth-order valence-electron chi connectivity index (χ4n) is 1.13. The number of aliphatic hydroxyl groups is 1. The minimum Gasteiger partial charge on any atom is -0.507 e. The van der Waals surface area contributed by atoms with Crippen molar-refractivity contribution in [3.8, 4) is 0 Å². The number of aliphatic hydroxyl groups excluding tert-OH is 1. The third-order valence-electron chi connectivity index (χ3n) is 2.03. The van der Waals surface area contributed by atoms with Crippen molar-refractivity contribution in [2.75, 3.05) is 20.8 Å². The number of benzene rings is 1. The fourth-order valence-corrected chi connectivity index (χ4v) is 1.49. The number of rotatable bonds is 5. The second kappa shape index (κ2) is 7.85. The van der Waals surface area contributed by atoms with Gasteiger partial charge in [0.15, 0.2) is 5.76 Å². The lowest BCUT2D eigenvalue weighted by Crippen LogP contribution is -2.08. The van der Waals surface area contributed by atoms with E-state index in [1.807, 2.05) is 12.1 Å². The van der Waals surface area contributed by atoms with E-state index in [9.17, 15) is 9.90 Å². The molecule has 0 saturated heterocycles. The number of carbonyl (C=O) groups is 1. The van der Waals surface area contributed by atoms with E-state index in [4.69, 9.17) is 4.74 Å². The number of ether oxygens (including phenoxy) is 2. The van der Waals surface area contributed by atoms with E-state index in [0.29, 0.717) is 5.69 Å². The summed E-state index contributed by atoms with van der Waals surface area (Å²) in [6.07, 6.45) is 0. The smallest absolute Gasteiger partial charge is 0.362 e. The monoisotopic (exact) mass is 376 g/mol. The minimum atomic E-state index is -0.774. The molecule has 1 rings (SSSR count). The van der Waals surface area contributed by atoms with Crippen molar-refractivity contribution in [3.05, 3.63) is 39.3 Å². The largest absolute Gasteiger partial charge is 0.507 e. The van der Waals surface area contributed by atoms with Gasteiger partial charge in [-0.25, -0.2) is 4.79 Å². The summed E-state index contributed by atoms with van der Waals surface area (Å²) < 4.78 is 10.3. The molecule has 0 heterocycles. The van der Waals surface area contributed by atoms with E-state index in [0.717, 1.165) is 3.57 Å². The van der Waals surface area contributed by atoms with Crippen LogP contribution in [0.2, 0.25) is 0 Å². The molecule has 1 N–H and O–H groups in total. The van der Waals surface area contributed by atoms with E-state index < -0.39 is 5.97 Å². The van der Waals surface area contributed by atoms with Crippen LogP contribution in [0, 0.1) is 3.57 Å². The molecule has 0 fully saturated rings. The molecule has 1 aromatic carbocycles. The van der Waals surface area contributed by atoms with Gasteiger partial charge < -0.3 is 14.6 Å². The van der Waals surface area contributed by atoms with Gasteiger partial charge in [-0.2, -0.15) is 5.11 Å². The average Bonchev–Trinajstić information content (AvgIpc) is 2.41. The zero-order valence-corrected chi connectivity index (χ0v) is 12.6. The summed E-state index contributed by atoms with van der Waals surface area (Å²) in [7, 11) is 2.59. The van der Waals surface area contributed by atoms with Gasteiger partial charge in [-0.3, -0.25) is 0 Å². The molecule has 0 aromatic heterocycles. The molecule has 0 unspecified atom stereocenters. The second-order valence-electron chi connectivity index (χ2n) is 3.40. The van der Waals surface area contributed by atoms with Crippen molar-refractivity contribution in [2.45, 2.75) is 0 Å². The Morgan fingerprint density at radius 1 is 1.32 bits per heavy atom. The van der Waals surface area contributed by atoms with Crippen LogP contribution in [-0.4, -0.2) is 31.9 Å². The third kappa shape index (κ3) is 4.95. The number of nitrogens with zero attached hydrogens (tertiary/aromatic N) is 2. The molecule has 102 valence electrons. The number of hydrogen-bond acceptors (Lipinski definition) is 6. The highest BCUT2D eigenvalue weighted by molar-refractivity contribution is 14.1. The molecule has 0 aliphatic carbocycles. The Morgan fingerprint density at radius 2 is 1.95 bits per heavy atom. The molecule has 6 nitrogen and oxygen atoms in total. The van der Waals surface area contributed by atoms with Crippen molar-refractivity contribution in [3.63, 3.8) is 0 Å². The summed E-state index contributed by atoms with van der Waals surface area (Å²) in [5, 5.41) is 17.2. The molecule has 0 spiro atoms. The summed E-state index contributed by atoms with van der Waals surface area (Å²) in [5.74, 6) is -1.10. The lowest BCUT2D eigenvalue weighted by atomic mass is 10.3. The average molecular weight is 376 g/mol. The van der Waals surface area contributed by atoms with Gasteiger partial charge in [0.2, 0.25) is 5.70 Å². The Morgan fingerprint density at radius 3 is 2.47 bits per heavy atom. The van der Waals surface area contributed by atoms with Crippen molar-refractivity contribution in [1.29, 1.82) is 0 Å². The van der Waals surface area contributed by atoms with Gasteiger partial charge in [-0.05, 0) is 46.9 Å². The highest BCUT2D eigenvalue weighted by atomic mass is 127. The van der Waals surface area contributed by atoms with Gasteiger partial charge in [0.1, 0.15) is 6.61 Å². The Hall–Kier alpha value is -1.48. The lowest BCUT2D eigenvalue weighted by Gasteiger charge is -2.03. The Labute approximate surface area is 124 Å². The van der Waals surface area contributed by atoms with Gasteiger partial charge in [0.25, 0.3) is 0 Å². The van der Waals surface area contributed by atoms with Crippen molar-refractivity contribution < 1.29 is 19.4 Å². The zero-order valence-electron chi connectivity index (χ0n) is 10.5. The van der Waals surface area contributed by atoms with Gasteiger partial charge in [-0.1, -0.05) is 0 Å². The van der Waals surface area contributed by atoms with Gasteiger partial charge in [0.05, 0.1) is 12.8 Å². The van der Waals surface area contributed by atoms with Crippen molar-refractivity contribution in [1.82, 2.24) is 0 Å². The van der Waals surface area contributed by atoms with E-state index in [1.54, 1.807) is 12.1 Å². The Kier molecular flexibility index (Phi) is 6.43. The van der Waals surface area contributed by atoms with Crippen molar-refractivity contribution in [2.24, 2.45) is 10.2 Å². The predicted octanol–water partition coefficient (Wildman–Crippen LogP) is 2.96. The molecule has 0 aliphatic rings. The minimum absolute atomic E-state index is 0.143. The van der Waals surface area contributed by atoms with Crippen LogP contribution >= 0.6 is 22.6 Å². The van der Waals surface area contributed by atoms with Crippen LogP contribution in [0.25, 0.3) is 0 Å². The standard InChI is InChI=1S/C12H13IN2O4/c1-18-7-10(16)11(12(17)19-2)15-14-9-5-3-8(13)4-6-9/h3-6,16H,7H2,1-2H3/b11-10+,15-14?. The molecule has 0 radical (unpaired) electrons. The molecule has 7 heteroatoms. The molecule has 0 saturated carbocycles. The first-order chi connectivity index (χ1) is 9.08. The van der Waals surface area contributed by atoms with Crippen LogP contribution in [0.1, 0.15) is 0 Å². The Bertz CT molecular complexity index is 497. The van der Waals surface area contributed by atoms with Crippen molar-refractivity contribution >= 4 is 34.2 Å². The van der Waals surface area contributed by atoms with E-state index >= 15 is 0 Å². The van der Waals surface area contributed by atoms with Crippen LogP contribution in [0.5, 0.6) is 0 Å². The molecule has 19 heavy (non-hydrogen) atoms. The summed E-state index contributed by atoms with van der Waals surface area (Å²) in [5.41, 5.74) is 0.287. The highest BCUT2D eigenvalue weighted by Crippen LogP contribution is 2.17. The quantitative estimate of drug-likeness (QED) is 0.282. The summed E-state index contributed by atoms with van der Waals surface area (Å²) in [4.78, 5) is 11.5. The first-order valence-electron chi connectivity index (χ1n) is 5.25. The molecule has 0 bridgehead atoms. The van der Waals surface area contributed by atoms with E-state index in [1.165, 1.54) is 14.2 Å². The van der Waals surface area contributed by atoms with Gasteiger partial charge >= 0.3 is 5.97 Å². The Balaban J connectivity index is 2.98. The van der Waals surface area contributed by atoms with Gasteiger partial charge in [-0.15, -0.1) is 5.11 Å². The fraction of sp³-hybridized carbons (Fsp3) is 0.250. The maximum absolute atomic E-state index is 11.5. The number of methoxy groups -OCH3 is 2. The topological polar surface area (TPSA) is 80.5 Å². The number of carbonyl (C=O) groups excluding carboxylic acids is 1. The lowest BCUT2D eigenvalue weighted by molar-refractivity contribution is -0.136. The van der Waals surface area contributed by atoms with Crippen LogP contribution in [0.4, 0.5) is 5.69 Å². The zero-order chi connectivity index (χ0) is 14.3. The molecule has 0 amide bonds. The van der Waals surface area contributed by atoms with E-state index in [2.05, 4.69) is 37.6 Å². The maximum Gasteiger partial charge on any atom is 0.362 e. The number of esters is 1.